The molecule has 0 aliphatic heterocycles. The van der Waals surface area contributed by atoms with Gasteiger partial charge in [-0.15, -0.1) is 0 Å². The monoisotopic (exact) mass is 243 g/mol. The normalized spacial score (nSPS) is 14.9. The maximum atomic E-state index is 6.09. The molecule has 1 N–H and O–H groups in total. The Morgan fingerprint density at radius 3 is 2.60 bits per heavy atom. The van der Waals surface area contributed by atoms with Crippen molar-refractivity contribution < 1.29 is 0 Å². The maximum Gasteiger partial charge on any atom is 0.0446 e. The van der Waals surface area contributed by atoms with Crippen molar-refractivity contribution in [2.24, 2.45) is 0 Å². The first-order chi connectivity index (χ1) is 7.15. The molecule has 15 heavy (non-hydrogen) atoms. The highest BCUT2D eigenvalue weighted by Gasteiger charge is 2.10. The van der Waals surface area contributed by atoms with E-state index in [9.17, 15) is 0 Å². The van der Waals surface area contributed by atoms with Gasteiger partial charge in [0.1, 0.15) is 0 Å². The number of halogens is 1. The van der Waals surface area contributed by atoms with E-state index in [0.717, 1.165) is 10.8 Å². The fourth-order valence-electron chi connectivity index (χ4n) is 1.22. The first-order valence-electron chi connectivity index (χ1n) is 5.17. The fraction of sp³-hybridized carbons (Fsp3) is 0.500. The molecule has 0 bridgehead atoms. The van der Waals surface area contributed by atoms with Gasteiger partial charge in [-0.25, -0.2) is 0 Å². The van der Waals surface area contributed by atoms with Crippen LogP contribution in [0, 0.1) is 0 Å². The van der Waals surface area contributed by atoms with Gasteiger partial charge in [-0.2, -0.15) is 11.8 Å². The minimum Gasteiger partial charge on any atom is -0.316 e. The molecule has 84 valence electrons. The Kier molecular flexibility index (Phi) is 5.51. The molecule has 0 radical (unpaired) electrons. The van der Waals surface area contributed by atoms with Crippen LogP contribution in [0.25, 0.3) is 0 Å². The van der Waals surface area contributed by atoms with Crippen molar-refractivity contribution in [1.29, 1.82) is 0 Å². The molecular formula is C12H18ClNS. The Hall–Kier alpha value is -0.180. The average molecular weight is 244 g/mol. The van der Waals surface area contributed by atoms with Crippen LogP contribution in [0.15, 0.2) is 24.3 Å². The lowest BCUT2D eigenvalue weighted by Crippen LogP contribution is -2.30. The summed E-state index contributed by atoms with van der Waals surface area (Å²) in [6.45, 7) is 4.44. The second-order valence-corrected chi connectivity index (χ2v) is 5.46. The number of hydrogen-bond acceptors (Lipinski definition) is 2. The Bertz CT molecular complexity index is 303. The first kappa shape index (κ1) is 12.9. The second kappa shape index (κ2) is 6.41. The Balaban J connectivity index is 2.47. The van der Waals surface area contributed by atoms with E-state index in [1.165, 1.54) is 5.56 Å². The largest absolute Gasteiger partial charge is 0.316 e. The smallest absolute Gasteiger partial charge is 0.0446 e. The molecule has 3 heteroatoms. The van der Waals surface area contributed by atoms with Crippen molar-refractivity contribution in [3.05, 3.63) is 34.9 Å². The summed E-state index contributed by atoms with van der Waals surface area (Å²) in [6.07, 6.45) is 0. The van der Waals surface area contributed by atoms with E-state index in [1.54, 1.807) is 0 Å². The van der Waals surface area contributed by atoms with Crippen LogP contribution in [0.4, 0.5) is 0 Å². The van der Waals surface area contributed by atoms with Crippen LogP contribution < -0.4 is 5.32 Å². The van der Waals surface area contributed by atoms with Gasteiger partial charge >= 0.3 is 0 Å². The standard InChI is InChI=1S/C12H18ClNS/c1-9(14-3)10(2)15-8-11-6-4-5-7-12(11)13/h4-7,9-10,14H,8H2,1-3H3. The van der Waals surface area contributed by atoms with E-state index in [-0.39, 0.29) is 0 Å². The molecule has 1 rings (SSSR count). The number of rotatable bonds is 5. The quantitative estimate of drug-likeness (QED) is 0.849. The van der Waals surface area contributed by atoms with Gasteiger partial charge in [-0.1, -0.05) is 36.7 Å². The van der Waals surface area contributed by atoms with E-state index in [2.05, 4.69) is 25.2 Å². The lowest BCUT2D eigenvalue weighted by Gasteiger charge is -2.18. The Labute approximate surface area is 102 Å². The van der Waals surface area contributed by atoms with Gasteiger partial charge in [0.2, 0.25) is 0 Å². The summed E-state index contributed by atoms with van der Waals surface area (Å²) in [7, 11) is 2.00. The third-order valence-corrected chi connectivity index (χ3v) is 4.40. The zero-order valence-corrected chi connectivity index (χ0v) is 11.0. The summed E-state index contributed by atoms with van der Waals surface area (Å²) in [6, 6.07) is 8.57. The summed E-state index contributed by atoms with van der Waals surface area (Å²) in [5, 5.41) is 4.72. The van der Waals surface area contributed by atoms with Crippen molar-refractivity contribution in [3.8, 4) is 0 Å². The SMILES string of the molecule is CNC(C)C(C)SCc1ccccc1Cl. The fourth-order valence-corrected chi connectivity index (χ4v) is 2.62. The number of benzene rings is 1. The van der Waals surface area contributed by atoms with Crippen LogP contribution >= 0.6 is 23.4 Å². The van der Waals surface area contributed by atoms with Crippen LogP contribution in [0.1, 0.15) is 19.4 Å². The summed E-state index contributed by atoms with van der Waals surface area (Å²) < 4.78 is 0. The lowest BCUT2D eigenvalue weighted by molar-refractivity contribution is 0.605. The first-order valence-corrected chi connectivity index (χ1v) is 6.60. The predicted octanol–water partition coefficient (Wildman–Crippen LogP) is 3.57. The zero-order chi connectivity index (χ0) is 11.3. The molecule has 2 unspecified atom stereocenters. The topological polar surface area (TPSA) is 12.0 Å². The second-order valence-electron chi connectivity index (χ2n) is 3.68. The van der Waals surface area contributed by atoms with E-state index >= 15 is 0 Å². The van der Waals surface area contributed by atoms with E-state index in [0.29, 0.717) is 11.3 Å². The van der Waals surface area contributed by atoms with E-state index in [1.807, 2.05) is 37.0 Å². The molecule has 0 aliphatic rings. The number of hydrogen-bond donors (Lipinski definition) is 1. The van der Waals surface area contributed by atoms with Crippen molar-refractivity contribution in [3.63, 3.8) is 0 Å². The molecule has 1 nitrogen and oxygen atoms in total. The molecular weight excluding hydrogens is 226 g/mol. The molecule has 0 fully saturated rings. The maximum absolute atomic E-state index is 6.09. The molecule has 0 saturated heterocycles. The summed E-state index contributed by atoms with van der Waals surface area (Å²) in [5.74, 6) is 0.979. The van der Waals surface area contributed by atoms with Crippen molar-refractivity contribution in [2.45, 2.75) is 30.9 Å². The van der Waals surface area contributed by atoms with Crippen molar-refractivity contribution in [2.75, 3.05) is 7.05 Å². The van der Waals surface area contributed by atoms with Gasteiger partial charge in [-0.05, 0) is 25.6 Å². The molecule has 0 heterocycles. The van der Waals surface area contributed by atoms with E-state index in [4.69, 9.17) is 11.6 Å². The minimum atomic E-state index is 0.525. The summed E-state index contributed by atoms with van der Waals surface area (Å²) >= 11 is 8.02. The molecule has 2 atom stereocenters. The zero-order valence-electron chi connectivity index (χ0n) is 9.46. The molecule has 0 amide bonds. The highest BCUT2D eigenvalue weighted by atomic mass is 35.5. The summed E-state index contributed by atoms with van der Waals surface area (Å²) in [4.78, 5) is 0. The highest BCUT2D eigenvalue weighted by molar-refractivity contribution is 7.99. The van der Waals surface area contributed by atoms with Crippen LogP contribution in [0.2, 0.25) is 5.02 Å². The third-order valence-electron chi connectivity index (χ3n) is 2.62. The molecule has 0 spiro atoms. The number of nitrogens with one attached hydrogen (secondary N) is 1. The van der Waals surface area contributed by atoms with Crippen LogP contribution in [0.5, 0.6) is 0 Å². The molecule has 1 aromatic rings. The summed E-state index contributed by atoms with van der Waals surface area (Å²) in [5.41, 5.74) is 1.22. The van der Waals surface area contributed by atoms with Gasteiger partial charge in [0.15, 0.2) is 0 Å². The molecule has 0 aromatic heterocycles. The van der Waals surface area contributed by atoms with Crippen molar-refractivity contribution in [1.82, 2.24) is 5.32 Å². The van der Waals surface area contributed by atoms with Gasteiger partial charge in [0, 0.05) is 22.1 Å². The van der Waals surface area contributed by atoms with Gasteiger partial charge in [0.05, 0.1) is 0 Å². The predicted molar refractivity (Wildman–Crippen MR) is 70.7 cm³/mol. The highest BCUT2D eigenvalue weighted by Crippen LogP contribution is 2.24. The van der Waals surface area contributed by atoms with Crippen LogP contribution in [-0.4, -0.2) is 18.3 Å². The van der Waals surface area contributed by atoms with Gasteiger partial charge in [-0.3, -0.25) is 0 Å². The average Bonchev–Trinajstić information content (AvgIpc) is 2.26. The Morgan fingerprint density at radius 1 is 1.33 bits per heavy atom. The molecule has 1 aromatic carbocycles. The van der Waals surface area contributed by atoms with Crippen molar-refractivity contribution >= 4 is 23.4 Å². The van der Waals surface area contributed by atoms with Gasteiger partial charge in [0.25, 0.3) is 0 Å². The number of thioether (sulfide) groups is 1. The van der Waals surface area contributed by atoms with Crippen LogP contribution in [0.3, 0.4) is 0 Å². The minimum absolute atomic E-state index is 0.525. The van der Waals surface area contributed by atoms with Gasteiger partial charge < -0.3 is 5.32 Å². The Morgan fingerprint density at radius 2 is 2.00 bits per heavy atom. The molecule has 0 saturated carbocycles. The van der Waals surface area contributed by atoms with Crippen LogP contribution in [-0.2, 0) is 5.75 Å². The van der Waals surface area contributed by atoms with E-state index < -0.39 is 0 Å². The third kappa shape index (κ3) is 4.06. The molecule has 0 aliphatic carbocycles. The lowest BCUT2D eigenvalue weighted by atomic mass is 10.2.